The topological polar surface area (TPSA) is 38.7 Å². The first-order chi connectivity index (χ1) is 18.3. The summed E-state index contributed by atoms with van der Waals surface area (Å²) in [4.78, 5) is 0. The van der Waals surface area contributed by atoms with Crippen molar-refractivity contribution in [3.05, 3.63) is 102 Å². The second-order valence-electron chi connectivity index (χ2n) is 11.7. The van der Waals surface area contributed by atoms with E-state index in [1.54, 1.807) is 7.11 Å². The molecule has 1 N–H and O–H groups in total. The second-order valence-corrected chi connectivity index (χ2v) is 11.7. The van der Waals surface area contributed by atoms with Crippen molar-refractivity contribution in [2.75, 3.05) is 7.11 Å². The highest BCUT2D eigenvalue weighted by Crippen LogP contribution is 2.47. The van der Waals surface area contributed by atoms with Gasteiger partial charge >= 0.3 is 0 Å². The first-order valence-corrected chi connectivity index (χ1v) is 13.9. The zero-order chi connectivity index (χ0) is 26.7. The van der Waals surface area contributed by atoms with Gasteiger partial charge in [-0.3, -0.25) is 0 Å². The molecule has 0 saturated heterocycles. The van der Waals surface area contributed by atoms with Crippen LogP contribution < -0.4 is 9.47 Å². The second kappa shape index (κ2) is 11.1. The molecule has 0 aliphatic heterocycles. The minimum absolute atomic E-state index is 0.134. The Balaban J connectivity index is 1.40. The molecule has 0 radical (unpaired) electrons. The molecule has 3 aromatic rings. The Bertz CT molecular complexity index is 1330. The van der Waals surface area contributed by atoms with Gasteiger partial charge in [-0.1, -0.05) is 75.7 Å². The Morgan fingerprint density at radius 2 is 1.79 bits per heavy atom. The first-order valence-electron chi connectivity index (χ1n) is 13.9. The van der Waals surface area contributed by atoms with Gasteiger partial charge in [-0.05, 0) is 100 Å². The third-order valence-corrected chi connectivity index (χ3v) is 8.13. The van der Waals surface area contributed by atoms with E-state index in [9.17, 15) is 5.11 Å². The number of hydrogen-bond acceptors (Lipinski definition) is 3. The lowest BCUT2D eigenvalue weighted by molar-refractivity contribution is 0.305. The average molecular weight is 509 g/mol. The lowest BCUT2D eigenvalue weighted by Crippen LogP contribution is -2.10. The van der Waals surface area contributed by atoms with Crippen molar-refractivity contribution in [1.82, 2.24) is 0 Å². The summed E-state index contributed by atoms with van der Waals surface area (Å²) in [6, 6.07) is 23.4. The molecule has 1 saturated carbocycles. The van der Waals surface area contributed by atoms with E-state index in [2.05, 4.69) is 81.1 Å². The molecular weight excluding hydrogens is 468 g/mol. The van der Waals surface area contributed by atoms with Gasteiger partial charge in [-0.2, -0.15) is 0 Å². The summed E-state index contributed by atoms with van der Waals surface area (Å²) in [5.74, 6) is 3.05. The van der Waals surface area contributed by atoms with E-state index < -0.39 is 0 Å². The SMILES string of the molecule is C=C(O)C[C@@H](CC1CC1)c1cccc(OCc2ccc(-c3cccc(OC)c3)c(C3=CCCC3(C)C)c2)c1. The number of rotatable bonds is 11. The standard InChI is InChI=1S/C35H40O3/c1-24(36)18-29(19-25-13-14-25)27-8-5-11-31(21-27)38-23-26-15-16-32(28-9-6-10-30(22-28)37-4)33(20-26)34-12-7-17-35(34,2)3/h5-6,8-12,15-16,20-22,25,29,36H,1,7,13-14,17-19,23H2,2-4H3/t29-/m0/s1. The molecule has 1 atom stereocenters. The van der Waals surface area contributed by atoms with E-state index >= 15 is 0 Å². The van der Waals surface area contributed by atoms with Gasteiger partial charge in [0.15, 0.2) is 0 Å². The Morgan fingerprint density at radius 3 is 2.50 bits per heavy atom. The van der Waals surface area contributed by atoms with Crippen molar-refractivity contribution in [3.63, 3.8) is 0 Å². The minimum Gasteiger partial charge on any atom is -0.513 e. The number of ether oxygens (including phenoxy) is 2. The lowest BCUT2D eigenvalue weighted by Gasteiger charge is -2.25. The highest BCUT2D eigenvalue weighted by Gasteiger charge is 2.30. The summed E-state index contributed by atoms with van der Waals surface area (Å²) in [5, 5.41) is 9.89. The summed E-state index contributed by atoms with van der Waals surface area (Å²) < 4.78 is 11.8. The van der Waals surface area contributed by atoms with Crippen LogP contribution in [-0.2, 0) is 6.61 Å². The van der Waals surface area contributed by atoms with Gasteiger partial charge in [-0.25, -0.2) is 0 Å². The molecule has 198 valence electrons. The Morgan fingerprint density at radius 1 is 1.00 bits per heavy atom. The van der Waals surface area contributed by atoms with Crippen molar-refractivity contribution in [3.8, 4) is 22.6 Å². The van der Waals surface area contributed by atoms with Crippen molar-refractivity contribution in [2.45, 2.75) is 64.9 Å². The largest absolute Gasteiger partial charge is 0.513 e. The Labute approximate surface area is 227 Å². The molecule has 3 aromatic carbocycles. The summed E-state index contributed by atoms with van der Waals surface area (Å²) >= 11 is 0. The van der Waals surface area contributed by atoms with E-state index in [4.69, 9.17) is 9.47 Å². The molecule has 38 heavy (non-hydrogen) atoms. The van der Waals surface area contributed by atoms with Crippen LogP contribution in [0.4, 0.5) is 0 Å². The van der Waals surface area contributed by atoms with Crippen LogP contribution in [0.3, 0.4) is 0 Å². The third-order valence-electron chi connectivity index (χ3n) is 8.13. The Kier molecular flexibility index (Phi) is 7.65. The number of aliphatic hydroxyl groups excluding tert-OH is 1. The van der Waals surface area contributed by atoms with Crippen molar-refractivity contribution >= 4 is 5.57 Å². The monoisotopic (exact) mass is 508 g/mol. The van der Waals surface area contributed by atoms with Gasteiger partial charge in [0.05, 0.1) is 12.9 Å². The molecular formula is C35H40O3. The predicted molar refractivity (Wildman–Crippen MR) is 157 cm³/mol. The van der Waals surface area contributed by atoms with Crippen LogP contribution >= 0.6 is 0 Å². The molecule has 3 nitrogen and oxygen atoms in total. The molecule has 1 fully saturated rings. The molecule has 5 rings (SSSR count). The molecule has 0 amide bonds. The van der Waals surface area contributed by atoms with E-state index in [1.165, 1.54) is 35.1 Å². The van der Waals surface area contributed by atoms with Gasteiger partial charge in [0, 0.05) is 6.42 Å². The van der Waals surface area contributed by atoms with Gasteiger partial charge < -0.3 is 14.6 Å². The van der Waals surface area contributed by atoms with Crippen LogP contribution in [-0.4, -0.2) is 12.2 Å². The Hall–Kier alpha value is -3.46. The smallest absolute Gasteiger partial charge is 0.120 e. The quantitative estimate of drug-likeness (QED) is 0.262. The molecule has 0 spiro atoms. The first kappa shape index (κ1) is 26.2. The normalized spacial score (nSPS) is 17.1. The van der Waals surface area contributed by atoms with E-state index in [-0.39, 0.29) is 17.1 Å². The summed E-state index contributed by atoms with van der Waals surface area (Å²) in [5.41, 5.74) is 7.58. The number of benzene rings is 3. The van der Waals surface area contributed by atoms with Crippen molar-refractivity contribution < 1.29 is 14.6 Å². The van der Waals surface area contributed by atoms with E-state index in [0.29, 0.717) is 13.0 Å². The summed E-state index contributed by atoms with van der Waals surface area (Å²) in [7, 11) is 1.71. The molecule has 0 heterocycles. The van der Waals surface area contributed by atoms with Crippen LogP contribution in [0.15, 0.2) is 85.1 Å². The number of methoxy groups -OCH3 is 1. The van der Waals surface area contributed by atoms with Crippen LogP contribution in [0.5, 0.6) is 11.5 Å². The van der Waals surface area contributed by atoms with Crippen molar-refractivity contribution in [2.24, 2.45) is 11.3 Å². The molecule has 0 unspecified atom stereocenters. The van der Waals surface area contributed by atoms with Crippen LogP contribution in [0.2, 0.25) is 0 Å². The highest BCUT2D eigenvalue weighted by molar-refractivity contribution is 5.85. The minimum atomic E-state index is 0.134. The fourth-order valence-corrected chi connectivity index (χ4v) is 5.81. The van der Waals surface area contributed by atoms with Crippen molar-refractivity contribution in [1.29, 1.82) is 0 Å². The van der Waals surface area contributed by atoms with Gasteiger partial charge in [0.25, 0.3) is 0 Å². The molecule has 2 aliphatic carbocycles. The maximum Gasteiger partial charge on any atom is 0.120 e. The fourth-order valence-electron chi connectivity index (χ4n) is 5.81. The predicted octanol–water partition coefficient (Wildman–Crippen LogP) is 9.49. The fraction of sp³-hybridized carbons (Fsp3) is 0.371. The van der Waals surface area contributed by atoms with Crippen LogP contribution in [0.1, 0.15) is 75.0 Å². The lowest BCUT2D eigenvalue weighted by atomic mass is 9.79. The maximum absolute atomic E-state index is 9.89. The maximum atomic E-state index is 9.89. The molecule has 0 aromatic heterocycles. The summed E-state index contributed by atoms with van der Waals surface area (Å²) in [6.45, 7) is 8.94. The molecule has 3 heteroatoms. The third kappa shape index (κ3) is 6.15. The van der Waals surface area contributed by atoms with Gasteiger partial charge in [0.2, 0.25) is 0 Å². The van der Waals surface area contributed by atoms with Crippen LogP contribution in [0, 0.1) is 11.3 Å². The van der Waals surface area contributed by atoms with Gasteiger partial charge in [0.1, 0.15) is 18.1 Å². The van der Waals surface area contributed by atoms with E-state index in [0.717, 1.165) is 47.8 Å². The average Bonchev–Trinajstić information content (AvgIpc) is 3.66. The number of aliphatic hydroxyl groups is 1. The summed E-state index contributed by atoms with van der Waals surface area (Å²) in [6.07, 6.45) is 8.98. The molecule has 0 bridgehead atoms. The van der Waals surface area contributed by atoms with E-state index in [1.807, 2.05) is 12.1 Å². The number of hydrogen-bond donors (Lipinski definition) is 1. The zero-order valence-electron chi connectivity index (χ0n) is 23.0. The molecule has 2 aliphatic rings. The number of allylic oxidation sites excluding steroid dienone is 3. The van der Waals surface area contributed by atoms with Crippen LogP contribution in [0.25, 0.3) is 16.7 Å². The highest BCUT2D eigenvalue weighted by atomic mass is 16.5. The zero-order valence-corrected chi connectivity index (χ0v) is 23.0. The van der Waals surface area contributed by atoms with Gasteiger partial charge in [-0.15, -0.1) is 0 Å².